The number of nitrogens with zero attached hydrogens (tertiary/aromatic N) is 4. The number of hydrogen-bond donors (Lipinski definition) is 1. The molecular weight excluding hydrogens is 484 g/mol. The number of para-hydroxylation sites is 1. The molecule has 200 valence electrons. The number of aliphatic hydroxyl groups is 1. The average Bonchev–Trinajstić information content (AvgIpc) is 3.41. The highest BCUT2D eigenvalue weighted by atomic mass is 16.5. The highest BCUT2D eigenvalue weighted by Gasteiger charge is 2.46. The number of ketones is 1. The number of carbonyl (C=O) groups excluding carboxylic acids is 2. The Kier molecular flexibility index (Phi) is 8.16. The molecule has 1 fully saturated rings. The van der Waals surface area contributed by atoms with Gasteiger partial charge in [0.15, 0.2) is 11.5 Å². The Morgan fingerprint density at radius 1 is 1.11 bits per heavy atom. The Hall–Kier alpha value is -4.11. The molecule has 0 spiro atoms. The SMILES string of the molecule is CCOc1ccc(C2C(=C(O)c3cnn(-c4ccccc4)c3C)C(=O)C(=O)N2CCCN(C)C)cc1OC. The molecule has 1 atom stereocenters. The first kappa shape index (κ1) is 26.9. The Bertz CT molecular complexity index is 1350. The largest absolute Gasteiger partial charge is 0.507 e. The van der Waals surface area contributed by atoms with E-state index in [-0.39, 0.29) is 11.3 Å². The molecule has 3 aromatic rings. The number of hydrogen-bond acceptors (Lipinski definition) is 7. The molecule has 1 aliphatic heterocycles. The molecule has 38 heavy (non-hydrogen) atoms. The monoisotopic (exact) mass is 518 g/mol. The fraction of sp³-hybridized carbons (Fsp3) is 0.345. The van der Waals surface area contributed by atoms with Gasteiger partial charge in [-0.3, -0.25) is 9.59 Å². The van der Waals surface area contributed by atoms with E-state index in [1.807, 2.05) is 63.2 Å². The van der Waals surface area contributed by atoms with E-state index in [1.54, 1.807) is 22.9 Å². The van der Waals surface area contributed by atoms with Gasteiger partial charge in [-0.1, -0.05) is 24.3 Å². The zero-order valence-electron chi connectivity index (χ0n) is 22.5. The molecular formula is C29H34N4O5. The number of aliphatic hydroxyl groups excluding tert-OH is 1. The fourth-order valence-electron chi connectivity index (χ4n) is 4.76. The molecule has 0 radical (unpaired) electrons. The molecule has 1 aliphatic rings. The van der Waals surface area contributed by atoms with Gasteiger partial charge < -0.3 is 24.4 Å². The quantitative estimate of drug-likeness (QED) is 0.247. The Balaban J connectivity index is 1.84. The molecule has 9 nitrogen and oxygen atoms in total. The number of carbonyl (C=O) groups is 2. The summed E-state index contributed by atoms with van der Waals surface area (Å²) in [5, 5.41) is 16.0. The summed E-state index contributed by atoms with van der Waals surface area (Å²) in [4.78, 5) is 30.3. The van der Waals surface area contributed by atoms with Gasteiger partial charge in [0, 0.05) is 6.54 Å². The third-order valence-electron chi connectivity index (χ3n) is 6.61. The Labute approximate surface area is 222 Å². The summed E-state index contributed by atoms with van der Waals surface area (Å²) in [5.41, 5.74) is 2.53. The van der Waals surface area contributed by atoms with Crippen molar-refractivity contribution in [2.75, 3.05) is 40.9 Å². The van der Waals surface area contributed by atoms with Crippen LogP contribution in [0.5, 0.6) is 11.5 Å². The number of aromatic nitrogens is 2. The molecule has 0 bridgehead atoms. The van der Waals surface area contributed by atoms with Crippen molar-refractivity contribution in [3.05, 3.63) is 77.1 Å². The summed E-state index contributed by atoms with van der Waals surface area (Å²) >= 11 is 0. The van der Waals surface area contributed by atoms with E-state index in [9.17, 15) is 14.7 Å². The second-order valence-corrected chi connectivity index (χ2v) is 9.38. The lowest BCUT2D eigenvalue weighted by Crippen LogP contribution is -2.32. The van der Waals surface area contributed by atoms with Crippen LogP contribution < -0.4 is 9.47 Å². The van der Waals surface area contributed by atoms with Gasteiger partial charge in [0.1, 0.15) is 5.76 Å². The molecule has 1 unspecified atom stereocenters. The molecule has 1 N–H and O–H groups in total. The molecule has 4 rings (SSSR count). The van der Waals surface area contributed by atoms with Crippen LogP contribution in [0, 0.1) is 6.92 Å². The summed E-state index contributed by atoms with van der Waals surface area (Å²) in [7, 11) is 5.45. The third kappa shape index (κ3) is 5.15. The highest BCUT2D eigenvalue weighted by molar-refractivity contribution is 6.46. The number of benzene rings is 2. The lowest BCUT2D eigenvalue weighted by atomic mass is 9.95. The number of likely N-dealkylation sites (tertiary alicyclic amines) is 1. The molecule has 0 aliphatic carbocycles. The Morgan fingerprint density at radius 2 is 1.84 bits per heavy atom. The van der Waals surface area contributed by atoms with E-state index in [1.165, 1.54) is 18.2 Å². The number of rotatable bonds is 10. The van der Waals surface area contributed by atoms with Crippen LogP contribution in [0.4, 0.5) is 0 Å². The Morgan fingerprint density at radius 3 is 2.50 bits per heavy atom. The van der Waals surface area contributed by atoms with Crippen LogP contribution >= 0.6 is 0 Å². The minimum atomic E-state index is -0.791. The van der Waals surface area contributed by atoms with Crippen LogP contribution in [-0.2, 0) is 9.59 Å². The maximum atomic E-state index is 13.4. The molecule has 2 aromatic carbocycles. The van der Waals surface area contributed by atoms with Gasteiger partial charge in [-0.05, 0) is 70.7 Å². The van der Waals surface area contributed by atoms with Gasteiger partial charge in [-0.25, -0.2) is 4.68 Å². The number of ether oxygens (including phenoxy) is 2. The lowest BCUT2D eigenvalue weighted by molar-refractivity contribution is -0.139. The predicted molar refractivity (Wildman–Crippen MR) is 145 cm³/mol. The van der Waals surface area contributed by atoms with Gasteiger partial charge >= 0.3 is 0 Å². The fourth-order valence-corrected chi connectivity index (χ4v) is 4.76. The number of Topliss-reactive ketones (excluding diaryl/α,β-unsaturated/α-hetero) is 1. The van der Waals surface area contributed by atoms with Crippen LogP contribution in [0.25, 0.3) is 11.4 Å². The second-order valence-electron chi connectivity index (χ2n) is 9.38. The summed E-state index contributed by atoms with van der Waals surface area (Å²) < 4.78 is 12.9. The van der Waals surface area contributed by atoms with Crippen molar-refractivity contribution < 1.29 is 24.2 Å². The van der Waals surface area contributed by atoms with E-state index in [0.29, 0.717) is 47.9 Å². The molecule has 1 aromatic heterocycles. The molecule has 1 amide bonds. The summed E-state index contributed by atoms with van der Waals surface area (Å²) in [6.07, 6.45) is 2.18. The summed E-state index contributed by atoms with van der Waals surface area (Å²) in [5.74, 6) is -0.580. The topological polar surface area (TPSA) is 97.1 Å². The standard InChI is InChI=1S/C29H34N4O5/c1-6-38-23-14-13-20(17-24(23)37-5)26-25(28(35)29(36)32(26)16-10-15-31(3)4)27(34)22-18-30-33(19(22)2)21-11-8-7-9-12-21/h7-9,11-14,17-18,26,34H,6,10,15-16H2,1-5H3. The summed E-state index contributed by atoms with van der Waals surface area (Å²) in [6.45, 7) is 5.25. The van der Waals surface area contributed by atoms with Crippen molar-refractivity contribution in [3.63, 3.8) is 0 Å². The van der Waals surface area contributed by atoms with Crippen molar-refractivity contribution in [1.29, 1.82) is 0 Å². The van der Waals surface area contributed by atoms with Gasteiger partial charge in [-0.2, -0.15) is 5.10 Å². The molecule has 2 heterocycles. The third-order valence-corrected chi connectivity index (χ3v) is 6.61. The zero-order chi connectivity index (χ0) is 27.4. The molecule has 9 heteroatoms. The average molecular weight is 519 g/mol. The van der Waals surface area contributed by atoms with Gasteiger partial charge in [0.25, 0.3) is 11.7 Å². The van der Waals surface area contributed by atoms with Gasteiger partial charge in [0.05, 0.1) is 48.5 Å². The van der Waals surface area contributed by atoms with Crippen molar-refractivity contribution in [2.24, 2.45) is 0 Å². The zero-order valence-corrected chi connectivity index (χ0v) is 22.5. The highest BCUT2D eigenvalue weighted by Crippen LogP contribution is 2.42. The second kappa shape index (κ2) is 11.5. The maximum Gasteiger partial charge on any atom is 0.295 e. The normalized spacial score (nSPS) is 16.9. The smallest absolute Gasteiger partial charge is 0.295 e. The van der Waals surface area contributed by atoms with Crippen molar-refractivity contribution >= 4 is 17.4 Å². The maximum absolute atomic E-state index is 13.4. The summed E-state index contributed by atoms with van der Waals surface area (Å²) in [6, 6.07) is 14.0. The first-order valence-electron chi connectivity index (χ1n) is 12.6. The van der Waals surface area contributed by atoms with Crippen molar-refractivity contribution in [2.45, 2.75) is 26.3 Å². The van der Waals surface area contributed by atoms with E-state index in [2.05, 4.69) is 5.10 Å². The van der Waals surface area contributed by atoms with Crippen LogP contribution in [-0.4, -0.2) is 77.3 Å². The van der Waals surface area contributed by atoms with Crippen LogP contribution in [0.2, 0.25) is 0 Å². The van der Waals surface area contributed by atoms with Crippen LogP contribution in [0.1, 0.15) is 36.2 Å². The minimum absolute atomic E-state index is 0.0294. The molecule has 1 saturated heterocycles. The van der Waals surface area contributed by atoms with E-state index in [0.717, 1.165) is 12.2 Å². The van der Waals surface area contributed by atoms with Crippen molar-refractivity contribution in [3.8, 4) is 17.2 Å². The van der Waals surface area contributed by atoms with Crippen LogP contribution in [0.3, 0.4) is 0 Å². The predicted octanol–water partition coefficient (Wildman–Crippen LogP) is 3.96. The number of amides is 1. The first-order valence-corrected chi connectivity index (χ1v) is 12.6. The van der Waals surface area contributed by atoms with Crippen molar-refractivity contribution in [1.82, 2.24) is 19.6 Å². The van der Waals surface area contributed by atoms with Gasteiger partial charge in [0.2, 0.25) is 0 Å². The van der Waals surface area contributed by atoms with E-state index in [4.69, 9.17) is 9.47 Å². The van der Waals surface area contributed by atoms with E-state index < -0.39 is 17.7 Å². The van der Waals surface area contributed by atoms with E-state index >= 15 is 0 Å². The minimum Gasteiger partial charge on any atom is -0.507 e. The lowest BCUT2D eigenvalue weighted by Gasteiger charge is -2.26. The van der Waals surface area contributed by atoms with Crippen LogP contribution in [0.15, 0.2) is 60.3 Å². The van der Waals surface area contributed by atoms with Gasteiger partial charge in [-0.15, -0.1) is 0 Å². The number of methoxy groups -OCH3 is 1. The first-order chi connectivity index (χ1) is 18.3. The molecule has 0 saturated carbocycles.